The summed E-state index contributed by atoms with van der Waals surface area (Å²) < 4.78 is 25.8. The normalized spacial score (nSPS) is 19.8. The average Bonchev–Trinajstić information content (AvgIpc) is 2.46. The van der Waals surface area contributed by atoms with Gasteiger partial charge in [0.1, 0.15) is 6.04 Å². The molecule has 1 amide bonds. The Hall–Kier alpha value is -0.800. The Balaban J connectivity index is 2.52. The van der Waals surface area contributed by atoms with Gasteiger partial charge in [0, 0.05) is 18.8 Å². The Morgan fingerprint density at radius 2 is 2.09 bits per heavy atom. The second kappa shape index (κ2) is 9.36. The van der Waals surface area contributed by atoms with Gasteiger partial charge in [0.25, 0.3) is 0 Å². The molecule has 0 aromatic carbocycles. The molecule has 1 aliphatic rings. The van der Waals surface area contributed by atoms with Gasteiger partial charge in [0.2, 0.25) is 15.9 Å². The van der Waals surface area contributed by atoms with Crippen molar-refractivity contribution in [3.63, 3.8) is 0 Å². The van der Waals surface area contributed by atoms with Gasteiger partial charge < -0.3 is 10.4 Å². The van der Waals surface area contributed by atoms with Gasteiger partial charge in [-0.05, 0) is 19.3 Å². The van der Waals surface area contributed by atoms with E-state index in [9.17, 15) is 18.0 Å². The molecule has 0 aromatic rings. The molecular weight excluding hydrogens is 328 g/mol. The van der Waals surface area contributed by atoms with E-state index in [1.165, 1.54) is 16.1 Å². The number of amides is 1. The first-order valence-corrected chi connectivity index (χ1v) is 10.2. The molecule has 0 aliphatic carbocycles. The first-order chi connectivity index (χ1) is 10.4. The number of aliphatic carboxylic acids is 1. The van der Waals surface area contributed by atoms with Gasteiger partial charge >= 0.3 is 5.97 Å². The van der Waals surface area contributed by atoms with Crippen LogP contribution < -0.4 is 5.32 Å². The number of thioether (sulfide) groups is 1. The number of carboxylic acid groups (broad SMARTS) is 1. The molecule has 1 rings (SSSR count). The zero-order valence-corrected chi connectivity index (χ0v) is 14.4. The third kappa shape index (κ3) is 6.13. The minimum absolute atomic E-state index is 0.00367. The summed E-state index contributed by atoms with van der Waals surface area (Å²) in [5, 5.41) is 11.2. The molecule has 7 nitrogen and oxygen atoms in total. The molecule has 1 fully saturated rings. The van der Waals surface area contributed by atoms with E-state index in [0.717, 1.165) is 12.8 Å². The zero-order valence-electron chi connectivity index (χ0n) is 12.8. The molecule has 1 heterocycles. The van der Waals surface area contributed by atoms with Gasteiger partial charge in [0.15, 0.2) is 0 Å². The van der Waals surface area contributed by atoms with Gasteiger partial charge in [-0.3, -0.25) is 9.59 Å². The molecular formula is C13H24N2O5S2. The molecule has 0 radical (unpaired) electrons. The Bertz CT molecular complexity index is 481. The van der Waals surface area contributed by atoms with E-state index < -0.39 is 22.0 Å². The summed E-state index contributed by atoms with van der Waals surface area (Å²) in [6, 6.07) is -0.630. The maximum atomic E-state index is 12.2. The van der Waals surface area contributed by atoms with Crippen LogP contribution >= 0.6 is 11.8 Å². The van der Waals surface area contributed by atoms with Crippen LogP contribution in [0.2, 0.25) is 0 Å². The predicted octanol–water partition coefficient (Wildman–Crippen LogP) is 0.515. The van der Waals surface area contributed by atoms with Gasteiger partial charge in [-0.15, -0.1) is 11.8 Å². The second-order valence-electron chi connectivity index (χ2n) is 5.18. The SMILES string of the molecule is CCCS(=O)(=O)N1CCCCC1C(=O)NCCSCC(=O)O. The van der Waals surface area contributed by atoms with Crippen LogP contribution in [0, 0.1) is 0 Å². The molecule has 0 aromatic heterocycles. The van der Waals surface area contributed by atoms with Gasteiger partial charge in [0.05, 0.1) is 11.5 Å². The minimum Gasteiger partial charge on any atom is -0.481 e. The van der Waals surface area contributed by atoms with E-state index in [1.54, 1.807) is 6.92 Å². The summed E-state index contributed by atoms with van der Waals surface area (Å²) in [7, 11) is -3.38. The van der Waals surface area contributed by atoms with Crippen molar-refractivity contribution in [3.8, 4) is 0 Å². The second-order valence-corrected chi connectivity index (χ2v) is 8.32. The Morgan fingerprint density at radius 1 is 1.36 bits per heavy atom. The number of nitrogens with one attached hydrogen (secondary N) is 1. The van der Waals surface area contributed by atoms with Crippen molar-refractivity contribution >= 4 is 33.7 Å². The van der Waals surface area contributed by atoms with Crippen LogP contribution in [0.4, 0.5) is 0 Å². The number of rotatable bonds is 9. The predicted molar refractivity (Wildman–Crippen MR) is 86.4 cm³/mol. The van der Waals surface area contributed by atoms with Crippen molar-refractivity contribution in [2.45, 2.75) is 38.6 Å². The lowest BCUT2D eigenvalue weighted by Crippen LogP contribution is -2.52. The van der Waals surface area contributed by atoms with Crippen molar-refractivity contribution in [1.82, 2.24) is 9.62 Å². The molecule has 1 aliphatic heterocycles. The van der Waals surface area contributed by atoms with Crippen LogP contribution in [-0.4, -0.2) is 66.1 Å². The van der Waals surface area contributed by atoms with E-state index in [4.69, 9.17) is 5.11 Å². The van der Waals surface area contributed by atoms with E-state index in [1.807, 2.05) is 0 Å². The highest BCUT2D eigenvalue weighted by molar-refractivity contribution is 7.99. The monoisotopic (exact) mass is 352 g/mol. The van der Waals surface area contributed by atoms with Crippen LogP contribution in [0.15, 0.2) is 0 Å². The summed E-state index contributed by atoms with van der Waals surface area (Å²) in [6.07, 6.45) is 2.68. The van der Waals surface area contributed by atoms with Crippen molar-refractivity contribution in [2.24, 2.45) is 0 Å². The number of nitrogens with zero attached hydrogens (tertiary/aromatic N) is 1. The summed E-state index contributed by atoms with van der Waals surface area (Å²) in [6.45, 7) is 2.54. The van der Waals surface area contributed by atoms with E-state index in [-0.39, 0.29) is 17.4 Å². The fourth-order valence-electron chi connectivity index (χ4n) is 2.40. The molecule has 22 heavy (non-hydrogen) atoms. The number of hydrogen-bond donors (Lipinski definition) is 2. The average molecular weight is 352 g/mol. The first-order valence-electron chi connectivity index (χ1n) is 7.45. The quantitative estimate of drug-likeness (QED) is 0.586. The minimum atomic E-state index is -3.38. The number of carbonyl (C=O) groups excluding carboxylic acids is 1. The van der Waals surface area contributed by atoms with Crippen LogP contribution in [0.25, 0.3) is 0 Å². The lowest BCUT2D eigenvalue weighted by molar-refractivity contribution is -0.134. The number of sulfonamides is 1. The third-order valence-corrected chi connectivity index (χ3v) is 6.37. The Morgan fingerprint density at radius 3 is 2.73 bits per heavy atom. The molecule has 128 valence electrons. The maximum absolute atomic E-state index is 12.2. The van der Waals surface area contributed by atoms with E-state index in [0.29, 0.717) is 31.7 Å². The smallest absolute Gasteiger partial charge is 0.313 e. The van der Waals surface area contributed by atoms with Crippen LogP contribution in [0.3, 0.4) is 0 Å². The fraction of sp³-hybridized carbons (Fsp3) is 0.846. The lowest BCUT2D eigenvalue weighted by atomic mass is 10.0. The fourth-order valence-corrected chi connectivity index (χ4v) is 4.71. The molecule has 1 saturated heterocycles. The molecule has 1 atom stereocenters. The summed E-state index contributed by atoms with van der Waals surface area (Å²) in [5.74, 6) is -0.621. The number of hydrogen-bond acceptors (Lipinski definition) is 5. The van der Waals surface area contributed by atoms with Gasteiger partial charge in [-0.25, -0.2) is 8.42 Å². The lowest BCUT2D eigenvalue weighted by Gasteiger charge is -2.33. The van der Waals surface area contributed by atoms with Crippen molar-refractivity contribution < 1.29 is 23.1 Å². The van der Waals surface area contributed by atoms with Gasteiger partial charge in [-0.1, -0.05) is 13.3 Å². The summed E-state index contributed by atoms with van der Waals surface area (Å²) in [5.41, 5.74) is 0. The molecule has 0 saturated carbocycles. The third-order valence-electron chi connectivity index (χ3n) is 3.35. The molecule has 0 bridgehead atoms. The summed E-state index contributed by atoms with van der Waals surface area (Å²) >= 11 is 1.22. The highest BCUT2D eigenvalue weighted by atomic mass is 32.2. The highest BCUT2D eigenvalue weighted by Gasteiger charge is 2.35. The van der Waals surface area contributed by atoms with Crippen LogP contribution in [0.5, 0.6) is 0 Å². The molecule has 0 spiro atoms. The van der Waals surface area contributed by atoms with Gasteiger partial charge in [-0.2, -0.15) is 4.31 Å². The van der Waals surface area contributed by atoms with Crippen molar-refractivity contribution in [2.75, 3.05) is 30.3 Å². The molecule has 9 heteroatoms. The van der Waals surface area contributed by atoms with Crippen molar-refractivity contribution in [1.29, 1.82) is 0 Å². The highest BCUT2D eigenvalue weighted by Crippen LogP contribution is 2.21. The van der Waals surface area contributed by atoms with Crippen LogP contribution in [0.1, 0.15) is 32.6 Å². The molecule has 1 unspecified atom stereocenters. The largest absolute Gasteiger partial charge is 0.481 e. The van der Waals surface area contributed by atoms with E-state index in [2.05, 4.69) is 5.32 Å². The number of carbonyl (C=O) groups is 2. The standard InChI is InChI=1S/C13H24N2O5S2/c1-2-9-22(19,20)15-7-4-3-5-11(15)13(18)14-6-8-21-10-12(16)17/h11H,2-10H2,1H3,(H,14,18)(H,16,17). The Labute approximate surface area is 135 Å². The number of carboxylic acids is 1. The topological polar surface area (TPSA) is 104 Å². The van der Waals surface area contributed by atoms with E-state index >= 15 is 0 Å². The molecule has 2 N–H and O–H groups in total. The maximum Gasteiger partial charge on any atom is 0.313 e. The number of piperidine rings is 1. The van der Waals surface area contributed by atoms with Crippen molar-refractivity contribution in [3.05, 3.63) is 0 Å². The van der Waals surface area contributed by atoms with Crippen LogP contribution in [-0.2, 0) is 19.6 Å². The zero-order chi connectivity index (χ0) is 16.6. The summed E-state index contributed by atoms with van der Waals surface area (Å²) in [4.78, 5) is 22.6. The first kappa shape index (κ1) is 19.2. The Kier molecular flexibility index (Phi) is 8.19.